The van der Waals surface area contributed by atoms with Crippen LogP contribution in [0.4, 0.5) is 11.4 Å². The summed E-state index contributed by atoms with van der Waals surface area (Å²) < 4.78 is 0. The minimum atomic E-state index is -0.461. The first kappa shape index (κ1) is 18.5. The number of nitrogens with zero attached hydrogens (tertiary/aromatic N) is 2. The van der Waals surface area contributed by atoms with Gasteiger partial charge in [0.1, 0.15) is 0 Å². The average molecular weight is 351 g/mol. The molecule has 2 aromatic carbocycles. The van der Waals surface area contributed by atoms with E-state index in [1.54, 1.807) is 0 Å². The molecule has 0 unspecified atom stereocenters. The van der Waals surface area contributed by atoms with Crippen LogP contribution in [0.3, 0.4) is 0 Å². The lowest BCUT2D eigenvalue weighted by molar-refractivity contribution is -0.123. The van der Waals surface area contributed by atoms with Gasteiger partial charge in [0, 0.05) is 43.0 Å². The van der Waals surface area contributed by atoms with E-state index in [9.17, 15) is 4.79 Å². The maximum absolute atomic E-state index is 12.7. The van der Waals surface area contributed by atoms with E-state index < -0.39 is 5.41 Å². The number of hydrogen-bond donors (Lipinski definition) is 1. The van der Waals surface area contributed by atoms with E-state index in [1.807, 2.05) is 44.2 Å². The maximum atomic E-state index is 12.7. The molecule has 1 aliphatic heterocycles. The van der Waals surface area contributed by atoms with Gasteiger partial charge in [0.2, 0.25) is 5.91 Å². The number of carbonyl (C=O) groups excluding carboxylic acids is 1. The third-order valence-electron chi connectivity index (χ3n) is 5.10. The van der Waals surface area contributed by atoms with Crippen molar-refractivity contribution in [2.75, 3.05) is 43.4 Å². The summed E-state index contributed by atoms with van der Waals surface area (Å²) in [5.41, 5.74) is 2.80. The highest BCUT2D eigenvalue weighted by Crippen LogP contribution is 2.25. The van der Waals surface area contributed by atoms with Crippen molar-refractivity contribution in [3.05, 3.63) is 60.2 Å². The molecule has 1 saturated heterocycles. The summed E-state index contributed by atoms with van der Waals surface area (Å²) in [7, 11) is 2.16. The smallest absolute Gasteiger partial charge is 0.230 e. The quantitative estimate of drug-likeness (QED) is 0.893. The first-order chi connectivity index (χ1) is 12.4. The van der Waals surface area contributed by atoms with E-state index in [0.717, 1.165) is 38.3 Å². The second kappa shape index (κ2) is 7.92. The number of piperazine rings is 1. The number of anilines is 2. The lowest BCUT2D eigenvalue weighted by Gasteiger charge is -2.34. The lowest BCUT2D eigenvalue weighted by Crippen LogP contribution is -2.44. The van der Waals surface area contributed by atoms with Crippen molar-refractivity contribution in [1.82, 2.24) is 4.90 Å². The van der Waals surface area contributed by atoms with E-state index in [1.165, 1.54) is 11.3 Å². The van der Waals surface area contributed by atoms with Gasteiger partial charge in [0.05, 0.1) is 0 Å². The van der Waals surface area contributed by atoms with Gasteiger partial charge in [0.25, 0.3) is 0 Å². The minimum Gasteiger partial charge on any atom is -0.369 e. The first-order valence-corrected chi connectivity index (χ1v) is 9.33. The van der Waals surface area contributed by atoms with Gasteiger partial charge in [-0.1, -0.05) is 44.2 Å². The fraction of sp³-hybridized carbons (Fsp3) is 0.409. The van der Waals surface area contributed by atoms with Gasteiger partial charge in [-0.15, -0.1) is 0 Å². The highest BCUT2D eigenvalue weighted by atomic mass is 16.2. The van der Waals surface area contributed by atoms with Gasteiger partial charge >= 0.3 is 0 Å². The van der Waals surface area contributed by atoms with Crippen molar-refractivity contribution in [2.24, 2.45) is 5.41 Å². The van der Waals surface area contributed by atoms with Gasteiger partial charge in [0.15, 0.2) is 0 Å². The SMILES string of the molecule is CN1CCN(c2ccc(NC(=O)C(C)(C)Cc3ccccc3)cc2)CC1. The number of benzene rings is 2. The van der Waals surface area contributed by atoms with Crippen molar-refractivity contribution >= 4 is 17.3 Å². The number of nitrogens with one attached hydrogen (secondary N) is 1. The van der Waals surface area contributed by atoms with Gasteiger partial charge < -0.3 is 15.1 Å². The zero-order valence-corrected chi connectivity index (χ0v) is 16.0. The number of amides is 1. The summed E-state index contributed by atoms with van der Waals surface area (Å²) in [5.74, 6) is 0.0497. The van der Waals surface area contributed by atoms with E-state index >= 15 is 0 Å². The van der Waals surface area contributed by atoms with Crippen LogP contribution < -0.4 is 10.2 Å². The van der Waals surface area contributed by atoms with Crippen molar-refractivity contribution in [2.45, 2.75) is 20.3 Å². The largest absolute Gasteiger partial charge is 0.369 e. The summed E-state index contributed by atoms with van der Waals surface area (Å²) in [6.07, 6.45) is 0.721. The first-order valence-electron chi connectivity index (χ1n) is 9.33. The molecule has 0 bridgehead atoms. The Bertz CT molecular complexity index is 717. The van der Waals surface area contributed by atoms with Gasteiger partial charge in [-0.2, -0.15) is 0 Å². The van der Waals surface area contributed by atoms with E-state index in [2.05, 4.69) is 46.4 Å². The molecule has 2 aromatic rings. The van der Waals surface area contributed by atoms with Crippen LogP contribution in [0, 0.1) is 5.41 Å². The molecule has 0 aromatic heterocycles. The molecule has 1 heterocycles. The Morgan fingerprint density at radius 1 is 0.962 bits per heavy atom. The van der Waals surface area contributed by atoms with Crippen LogP contribution in [0.1, 0.15) is 19.4 Å². The standard InChI is InChI=1S/C22H29N3O/c1-22(2,17-18-7-5-4-6-8-18)21(26)23-19-9-11-20(12-10-19)25-15-13-24(3)14-16-25/h4-12H,13-17H2,1-3H3,(H,23,26). The molecule has 26 heavy (non-hydrogen) atoms. The summed E-state index contributed by atoms with van der Waals surface area (Å²) in [5, 5.41) is 3.07. The van der Waals surface area contributed by atoms with E-state index in [0.29, 0.717) is 0 Å². The van der Waals surface area contributed by atoms with Crippen molar-refractivity contribution in [1.29, 1.82) is 0 Å². The van der Waals surface area contributed by atoms with Gasteiger partial charge in [-0.05, 0) is 43.3 Å². The van der Waals surface area contributed by atoms with Crippen molar-refractivity contribution < 1.29 is 4.79 Å². The topological polar surface area (TPSA) is 35.6 Å². The molecule has 138 valence electrons. The number of likely N-dealkylation sites (N-methyl/N-ethyl adjacent to an activating group) is 1. The molecule has 0 spiro atoms. The Hall–Kier alpha value is -2.33. The highest BCUT2D eigenvalue weighted by Gasteiger charge is 2.28. The molecule has 4 heteroatoms. The third kappa shape index (κ3) is 4.64. The lowest BCUT2D eigenvalue weighted by atomic mass is 9.84. The number of carbonyl (C=O) groups is 1. The molecule has 1 aliphatic rings. The highest BCUT2D eigenvalue weighted by molar-refractivity contribution is 5.95. The zero-order chi connectivity index (χ0) is 18.6. The fourth-order valence-electron chi connectivity index (χ4n) is 3.31. The van der Waals surface area contributed by atoms with E-state index in [-0.39, 0.29) is 5.91 Å². The van der Waals surface area contributed by atoms with Crippen molar-refractivity contribution in [3.8, 4) is 0 Å². The molecule has 1 amide bonds. The van der Waals surface area contributed by atoms with Crippen LogP contribution in [0.5, 0.6) is 0 Å². The van der Waals surface area contributed by atoms with Crippen LogP contribution in [-0.4, -0.2) is 44.0 Å². The Balaban J connectivity index is 1.60. The number of rotatable bonds is 5. The Kier molecular flexibility index (Phi) is 5.62. The summed E-state index contributed by atoms with van der Waals surface area (Å²) in [4.78, 5) is 17.5. The van der Waals surface area contributed by atoms with Gasteiger partial charge in [-0.25, -0.2) is 0 Å². The molecular weight excluding hydrogens is 322 g/mol. The number of hydrogen-bond acceptors (Lipinski definition) is 3. The molecule has 0 saturated carbocycles. The monoisotopic (exact) mass is 351 g/mol. The van der Waals surface area contributed by atoms with Crippen LogP contribution in [-0.2, 0) is 11.2 Å². The van der Waals surface area contributed by atoms with Crippen LogP contribution in [0.2, 0.25) is 0 Å². The zero-order valence-electron chi connectivity index (χ0n) is 16.0. The van der Waals surface area contributed by atoms with Gasteiger partial charge in [-0.3, -0.25) is 4.79 Å². The summed E-state index contributed by atoms with van der Waals surface area (Å²) >= 11 is 0. The minimum absolute atomic E-state index is 0.0497. The molecule has 0 aliphatic carbocycles. The Morgan fingerprint density at radius 3 is 2.19 bits per heavy atom. The maximum Gasteiger partial charge on any atom is 0.230 e. The summed E-state index contributed by atoms with van der Waals surface area (Å²) in [6, 6.07) is 18.4. The molecule has 1 N–H and O–H groups in total. The second-order valence-corrected chi connectivity index (χ2v) is 7.84. The van der Waals surface area contributed by atoms with Crippen LogP contribution in [0.25, 0.3) is 0 Å². The molecule has 1 fully saturated rings. The van der Waals surface area contributed by atoms with Crippen LogP contribution in [0.15, 0.2) is 54.6 Å². The Labute approximate surface area is 156 Å². The predicted octanol–water partition coefficient (Wildman–Crippen LogP) is 3.65. The molecular formula is C22H29N3O. The van der Waals surface area contributed by atoms with Crippen molar-refractivity contribution in [3.63, 3.8) is 0 Å². The molecule has 4 nitrogen and oxygen atoms in total. The van der Waals surface area contributed by atoms with E-state index in [4.69, 9.17) is 0 Å². The Morgan fingerprint density at radius 2 is 1.58 bits per heavy atom. The fourth-order valence-corrected chi connectivity index (χ4v) is 3.31. The van der Waals surface area contributed by atoms with Crippen LogP contribution >= 0.6 is 0 Å². The third-order valence-corrected chi connectivity index (χ3v) is 5.10. The molecule has 3 rings (SSSR count). The second-order valence-electron chi connectivity index (χ2n) is 7.84. The predicted molar refractivity (Wildman–Crippen MR) is 109 cm³/mol. The average Bonchev–Trinajstić information content (AvgIpc) is 2.63. The molecule has 0 atom stereocenters. The summed E-state index contributed by atoms with van der Waals surface area (Å²) in [6.45, 7) is 8.26. The normalized spacial score (nSPS) is 15.7. The molecule has 0 radical (unpaired) electrons.